The van der Waals surface area contributed by atoms with E-state index < -0.39 is 0 Å². The minimum Gasteiger partial charge on any atom is -0.337 e. The van der Waals surface area contributed by atoms with Crippen LogP contribution in [0.1, 0.15) is 12.8 Å². The van der Waals surface area contributed by atoms with Crippen molar-refractivity contribution in [2.45, 2.75) is 18.9 Å². The fourth-order valence-electron chi connectivity index (χ4n) is 2.65. The van der Waals surface area contributed by atoms with Crippen LogP contribution in [0.15, 0.2) is 36.5 Å². The van der Waals surface area contributed by atoms with Crippen LogP contribution in [0.3, 0.4) is 0 Å². The van der Waals surface area contributed by atoms with Crippen molar-refractivity contribution in [1.82, 2.24) is 9.97 Å². The molecule has 1 unspecified atom stereocenters. The summed E-state index contributed by atoms with van der Waals surface area (Å²) < 4.78 is 0. The zero-order valence-corrected chi connectivity index (χ0v) is 11.9. The largest absolute Gasteiger partial charge is 0.337 e. The Morgan fingerprint density at radius 2 is 2.15 bits per heavy atom. The molecule has 2 aromatic rings. The quantitative estimate of drug-likeness (QED) is 0.943. The Labute approximate surface area is 123 Å². The summed E-state index contributed by atoms with van der Waals surface area (Å²) in [6.07, 6.45) is 4.03. The monoisotopic (exact) mass is 288 g/mol. The van der Waals surface area contributed by atoms with E-state index in [9.17, 15) is 0 Å². The Hall–Kier alpha value is -1.65. The summed E-state index contributed by atoms with van der Waals surface area (Å²) in [5, 5.41) is 0.703. The molecule has 1 aromatic carbocycles. The van der Waals surface area contributed by atoms with E-state index in [1.807, 2.05) is 30.3 Å². The summed E-state index contributed by atoms with van der Waals surface area (Å²) in [4.78, 5) is 11.2. The summed E-state index contributed by atoms with van der Waals surface area (Å²) >= 11 is 6.23. The number of aromatic nitrogens is 2. The summed E-state index contributed by atoms with van der Waals surface area (Å²) in [7, 11) is 0. The Kier molecular flexibility index (Phi) is 3.85. The van der Waals surface area contributed by atoms with Crippen LogP contribution in [0.2, 0.25) is 5.02 Å². The van der Waals surface area contributed by atoms with Crippen LogP contribution in [0.5, 0.6) is 0 Å². The van der Waals surface area contributed by atoms with E-state index >= 15 is 0 Å². The maximum atomic E-state index is 6.23. The van der Waals surface area contributed by atoms with Gasteiger partial charge in [-0.05, 0) is 25.0 Å². The Morgan fingerprint density at radius 1 is 1.30 bits per heavy atom. The van der Waals surface area contributed by atoms with E-state index in [0.717, 1.165) is 36.6 Å². The molecule has 1 aliphatic rings. The summed E-state index contributed by atoms with van der Waals surface area (Å²) in [6, 6.07) is 9.95. The molecule has 2 N–H and O–H groups in total. The van der Waals surface area contributed by atoms with E-state index in [0.29, 0.717) is 17.6 Å². The molecule has 4 nitrogen and oxygen atoms in total. The molecule has 2 heterocycles. The van der Waals surface area contributed by atoms with Crippen molar-refractivity contribution in [3.8, 4) is 11.3 Å². The minimum atomic E-state index is 0.344. The van der Waals surface area contributed by atoms with Gasteiger partial charge >= 0.3 is 0 Å². The number of hydrogen-bond donors (Lipinski definition) is 1. The van der Waals surface area contributed by atoms with Gasteiger partial charge in [0.05, 0.1) is 5.69 Å². The molecule has 0 spiro atoms. The van der Waals surface area contributed by atoms with Gasteiger partial charge in [0.25, 0.3) is 0 Å². The molecular weight excluding hydrogens is 272 g/mol. The van der Waals surface area contributed by atoms with Gasteiger partial charge in [-0.2, -0.15) is 0 Å². The number of rotatable bonds is 3. The van der Waals surface area contributed by atoms with Gasteiger partial charge in [0.15, 0.2) is 0 Å². The fraction of sp³-hybridized carbons (Fsp3) is 0.333. The third-order valence-electron chi connectivity index (χ3n) is 3.70. The van der Waals surface area contributed by atoms with Crippen LogP contribution in [0.4, 0.5) is 5.95 Å². The average Bonchev–Trinajstić information content (AvgIpc) is 2.96. The molecule has 0 saturated carbocycles. The number of halogens is 1. The van der Waals surface area contributed by atoms with Crippen molar-refractivity contribution in [2.24, 2.45) is 5.73 Å². The SMILES string of the molecule is NCC1CCCN1c1nccc(-c2ccccc2Cl)n1. The van der Waals surface area contributed by atoms with Crippen LogP contribution < -0.4 is 10.6 Å². The molecule has 20 heavy (non-hydrogen) atoms. The van der Waals surface area contributed by atoms with E-state index in [1.54, 1.807) is 6.20 Å². The maximum absolute atomic E-state index is 6.23. The lowest BCUT2D eigenvalue weighted by molar-refractivity contribution is 0.664. The average molecular weight is 289 g/mol. The van der Waals surface area contributed by atoms with Gasteiger partial charge in [0.2, 0.25) is 5.95 Å². The van der Waals surface area contributed by atoms with Crippen LogP contribution in [-0.2, 0) is 0 Å². The fourth-order valence-corrected chi connectivity index (χ4v) is 2.88. The third kappa shape index (κ3) is 2.49. The van der Waals surface area contributed by atoms with E-state index in [-0.39, 0.29) is 0 Å². The van der Waals surface area contributed by atoms with Crippen LogP contribution >= 0.6 is 11.6 Å². The minimum absolute atomic E-state index is 0.344. The molecule has 5 heteroatoms. The highest BCUT2D eigenvalue weighted by atomic mass is 35.5. The van der Waals surface area contributed by atoms with E-state index in [4.69, 9.17) is 17.3 Å². The highest BCUT2D eigenvalue weighted by Gasteiger charge is 2.25. The molecular formula is C15H17ClN4. The summed E-state index contributed by atoms with van der Waals surface area (Å²) in [5.41, 5.74) is 7.60. The van der Waals surface area contributed by atoms with Gasteiger partial charge in [-0.1, -0.05) is 29.8 Å². The van der Waals surface area contributed by atoms with Crippen molar-refractivity contribution < 1.29 is 0 Å². The molecule has 1 saturated heterocycles. The van der Waals surface area contributed by atoms with Crippen LogP contribution in [-0.4, -0.2) is 29.1 Å². The standard InChI is InChI=1S/C15H17ClN4/c16-13-6-2-1-5-12(13)14-7-8-18-15(19-14)20-9-3-4-11(20)10-17/h1-2,5-8,11H,3-4,9-10,17H2. The van der Waals surface area contributed by atoms with Crippen molar-refractivity contribution >= 4 is 17.5 Å². The number of nitrogens with zero attached hydrogens (tertiary/aromatic N) is 3. The Bertz CT molecular complexity index is 602. The second kappa shape index (κ2) is 5.77. The predicted molar refractivity (Wildman–Crippen MR) is 81.9 cm³/mol. The van der Waals surface area contributed by atoms with Gasteiger partial charge in [-0.25, -0.2) is 9.97 Å². The summed E-state index contributed by atoms with van der Waals surface area (Å²) in [5.74, 6) is 0.746. The molecule has 1 fully saturated rings. The molecule has 3 rings (SSSR count). The lowest BCUT2D eigenvalue weighted by Gasteiger charge is -2.23. The lowest BCUT2D eigenvalue weighted by Crippen LogP contribution is -2.36. The first kappa shape index (κ1) is 13.3. The normalized spacial score (nSPS) is 18.5. The van der Waals surface area contributed by atoms with Crippen LogP contribution in [0.25, 0.3) is 11.3 Å². The van der Waals surface area contributed by atoms with Crippen molar-refractivity contribution in [2.75, 3.05) is 18.0 Å². The first-order chi connectivity index (χ1) is 9.79. The van der Waals surface area contributed by atoms with Crippen molar-refractivity contribution in [1.29, 1.82) is 0 Å². The number of benzene rings is 1. The van der Waals surface area contributed by atoms with Gasteiger partial charge in [0, 0.05) is 35.9 Å². The maximum Gasteiger partial charge on any atom is 0.226 e. The van der Waals surface area contributed by atoms with E-state index in [1.165, 1.54) is 0 Å². The smallest absolute Gasteiger partial charge is 0.226 e. The molecule has 0 radical (unpaired) electrons. The highest BCUT2D eigenvalue weighted by molar-refractivity contribution is 6.33. The Morgan fingerprint density at radius 3 is 2.95 bits per heavy atom. The summed E-state index contributed by atoms with van der Waals surface area (Å²) in [6.45, 7) is 1.60. The topological polar surface area (TPSA) is 55.0 Å². The lowest BCUT2D eigenvalue weighted by atomic mass is 10.1. The van der Waals surface area contributed by atoms with Crippen molar-refractivity contribution in [3.05, 3.63) is 41.6 Å². The number of hydrogen-bond acceptors (Lipinski definition) is 4. The molecule has 1 aliphatic heterocycles. The molecule has 1 atom stereocenters. The molecule has 0 amide bonds. The van der Waals surface area contributed by atoms with Gasteiger partial charge in [0.1, 0.15) is 0 Å². The predicted octanol–water partition coefficient (Wildman–Crippen LogP) is 2.72. The Balaban J connectivity index is 1.96. The van der Waals surface area contributed by atoms with Gasteiger partial charge in [-0.3, -0.25) is 0 Å². The molecule has 0 bridgehead atoms. The first-order valence-electron chi connectivity index (χ1n) is 6.84. The van der Waals surface area contributed by atoms with E-state index in [2.05, 4.69) is 14.9 Å². The highest BCUT2D eigenvalue weighted by Crippen LogP contribution is 2.28. The zero-order valence-electron chi connectivity index (χ0n) is 11.2. The zero-order chi connectivity index (χ0) is 13.9. The second-order valence-corrected chi connectivity index (χ2v) is 5.35. The molecule has 104 valence electrons. The third-order valence-corrected chi connectivity index (χ3v) is 4.03. The second-order valence-electron chi connectivity index (χ2n) is 4.95. The number of anilines is 1. The van der Waals surface area contributed by atoms with Gasteiger partial charge < -0.3 is 10.6 Å². The van der Waals surface area contributed by atoms with Crippen LogP contribution in [0, 0.1) is 0 Å². The number of nitrogens with two attached hydrogens (primary N) is 1. The first-order valence-corrected chi connectivity index (χ1v) is 7.22. The van der Waals surface area contributed by atoms with Gasteiger partial charge in [-0.15, -0.1) is 0 Å². The molecule has 0 aliphatic carbocycles. The molecule has 1 aromatic heterocycles. The van der Waals surface area contributed by atoms with Crippen molar-refractivity contribution in [3.63, 3.8) is 0 Å².